The van der Waals surface area contributed by atoms with Gasteiger partial charge in [-0.2, -0.15) is 31.6 Å². The molecule has 5 rings (SSSR count). The molecule has 0 heterocycles. The van der Waals surface area contributed by atoms with E-state index in [1.807, 2.05) is 59.5 Å². The Morgan fingerprint density at radius 3 is 1.05 bits per heavy atom. The second-order valence-electron chi connectivity index (χ2n) is 9.43. The van der Waals surface area contributed by atoms with Gasteiger partial charge in [-0.15, -0.1) is 0 Å². The summed E-state index contributed by atoms with van der Waals surface area (Å²) in [7, 11) is 0. The third-order valence-electron chi connectivity index (χ3n) is 6.80. The van der Waals surface area contributed by atoms with Crippen molar-refractivity contribution < 1.29 is 0 Å². The highest BCUT2D eigenvalue weighted by molar-refractivity contribution is 5.81. The largest absolute Gasteiger partial charge is 0.310 e. The maximum Gasteiger partial charge on any atom is 0.101 e. The minimum atomic E-state index is 0.243. The highest BCUT2D eigenvalue weighted by Gasteiger charge is 2.16. The fourth-order valence-corrected chi connectivity index (χ4v) is 4.76. The van der Waals surface area contributed by atoms with Gasteiger partial charge in [0.05, 0.1) is 57.7 Å². The average molecular weight is 548 g/mol. The molecule has 0 amide bonds. The van der Waals surface area contributed by atoms with Crippen LogP contribution in [0.1, 0.15) is 33.4 Å². The zero-order valence-electron chi connectivity index (χ0n) is 22.4. The van der Waals surface area contributed by atoms with E-state index in [-0.39, 0.29) is 11.1 Å². The Kier molecular flexibility index (Phi) is 7.60. The second-order valence-corrected chi connectivity index (χ2v) is 9.43. The van der Waals surface area contributed by atoms with E-state index < -0.39 is 0 Å². The predicted octanol–water partition coefficient (Wildman–Crippen LogP) is 7.72. The first-order valence-electron chi connectivity index (χ1n) is 12.9. The summed E-state index contributed by atoms with van der Waals surface area (Å²) in [6.45, 7) is 0. The zero-order valence-corrected chi connectivity index (χ0v) is 22.4. The van der Waals surface area contributed by atoms with E-state index in [1.165, 1.54) is 0 Å². The molecule has 196 valence electrons. The van der Waals surface area contributed by atoms with Gasteiger partial charge in [0.1, 0.15) is 12.1 Å². The molecular weight excluding hydrogens is 530 g/mol. The Morgan fingerprint density at radius 1 is 0.326 bits per heavy atom. The first kappa shape index (κ1) is 27.4. The van der Waals surface area contributed by atoms with Crippen LogP contribution in [0.2, 0.25) is 0 Å². The molecule has 0 aliphatic heterocycles. The SMILES string of the molecule is N#Cc1cc(C#N)cc(-c2ccc(N(c3ccc(-c4cc(C#N)cc(C#N)c4)cc3)c3ccc(C#N)c(C#N)c3)cc2)c1. The van der Waals surface area contributed by atoms with Crippen molar-refractivity contribution in [3.63, 3.8) is 0 Å². The molecule has 0 spiro atoms. The fourth-order valence-electron chi connectivity index (χ4n) is 4.76. The quantitative estimate of drug-likeness (QED) is 0.219. The molecule has 43 heavy (non-hydrogen) atoms. The topological polar surface area (TPSA) is 146 Å². The molecule has 7 heteroatoms. The monoisotopic (exact) mass is 547 g/mol. The van der Waals surface area contributed by atoms with Crippen LogP contribution in [0.5, 0.6) is 0 Å². The lowest BCUT2D eigenvalue weighted by Gasteiger charge is -2.26. The van der Waals surface area contributed by atoms with Gasteiger partial charge in [-0.25, -0.2) is 0 Å². The van der Waals surface area contributed by atoms with Crippen LogP contribution in [-0.2, 0) is 0 Å². The van der Waals surface area contributed by atoms with Crippen LogP contribution in [0, 0.1) is 68.0 Å². The Bertz CT molecular complexity index is 1950. The first-order chi connectivity index (χ1) is 21.0. The van der Waals surface area contributed by atoms with Crippen LogP contribution in [0.25, 0.3) is 22.3 Å². The van der Waals surface area contributed by atoms with Crippen LogP contribution in [0.3, 0.4) is 0 Å². The van der Waals surface area contributed by atoms with E-state index in [1.54, 1.807) is 54.6 Å². The highest BCUT2D eigenvalue weighted by Crippen LogP contribution is 2.37. The minimum Gasteiger partial charge on any atom is -0.310 e. The number of hydrogen-bond donors (Lipinski definition) is 0. The van der Waals surface area contributed by atoms with Crippen LogP contribution in [-0.4, -0.2) is 0 Å². The molecular formula is C36H17N7. The number of nitrogens with zero attached hydrogens (tertiary/aromatic N) is 7. The van der Waals surface area contributed by atoms with E-state index in [0.29, 0.717) is 27.9 Å². The lowest BCUT2D eigenvalue weighted by Crippen LogP contribution is -2.10. The maximum absolute atomic E-state index is 9.68. The van der Waals surface area contributed by atoms with Gasteiger partial charge < -0.3 is 4.90 Å². The van der Waals surface area contributed by atoms with Gasteiger partial charge in [-0.3, -0.25) is 0 Å². The van der Waals surface area contributed by atoms with Gasteiger partial charge in [0.2, 0.25) is 0 Å². The molecule has 0 aliphatic carbocycles. The van der Waals surface area contributed by atoms with Gasteiger partial charge in [0.25, 0.3) is 0 Å². The average Bonchev–Trinajstić information content (AvgIpc) is 3.08. The third-order valence-corrected chi connectivity index (χ3v) is 6.80. The summed E-state index contributed by atoms with van der Waals surface area (Å²) in [6.07, 6.45) is 0. The van der Waals surface area contributed by atoms with Crippen LogP contribution >= 0.6 is 0 Å². The van der Waals surface area contributed by atoms with Crippen molar-refractivity contribution in [3.05, 3.63) is 137 Å². The smallest absolute Gasteiger partial charge is 0.101 e. The van der Waals surface area contributed by atoms with Gasteiger partial charge in [0, 0.05) is 17.1 Å². The standard InChI is InChI=1S/C36H17N7/c37-18-24-11-25(19-38)14-31(13-24)28-1-6-34(7-2-28)43(36-10-5-30(22-41)33(17-36)23-42)35-8-3-29(4-9-35)32-15-26(20-39)12-27(16-32)21-40/h1-17H. The Morgan fingerprint density at radius 2 is 0.698 bits per heavy atom. The molecule has 0 aromatic heterocycles. The van der Waals surface area contributed by atoms with Crippen molar-refractivity contribution >= 4 is 17.1 Å². The van der Waals surface area contributed by atoms with E-state index in [0.717, 1.165) is 33.6 Å². The molecule has 5 aromatic carbocycles. The summed E-state index contributed by atoms with van der Waals surface area (Å²) >= 11 is 0. The summed E-state index contributed by atoms with van der Waals surface area (Å²) in [4.78, 5) is 1.94. The van der Waals surface area contributed by atoms with Gasteiger partial charge in [-0.05, 0) is 101 Å². The van der Waals surface area contributed by atoms with Crippen molar-refractivity contribution in [2.24, 2.45) is 0 Å². The second kappa shape index (κ2) is 11.9. The molecule has 0 aliphatic rings. The third kappa shape index (κ3) is 5.61. The van der Waals surface area contributed by atoms with Gasteiger partial charge in [0.15, 0.2) is 0 Å². The summed E-state index contributed by atoms with van der Waals surface area (Å²) < 4.78 is 0. The predicted molar refractivity (Wildman–Crippen MR) is 160 cm³/mol. The van der Waals surface area contributed by atoms with Crippen LogP contribution < -0.4 is 4.90 Å². The fraction of sp³-hybridized carbons (Fsp3) is 0. The van der Waals surface area contributed by atoms with Crippen molar-refractivity contribution in [2.45, 2.75) is 0 Å². The van der Waals surface area contributed by atoms with Crippen molar-refractivity contribution in [2.75, 3.05) is 4.90 Å². The molecule has 0 saturated heterocycles. The maximum atomic E-state index is 9.68. The molecule has 0 radical (unpaired) electrons. The summed E-state index contributed by atoms with van der Waals surface area (Å²) in [5, 5.41) is 56.7. The number of anilines is 3. The normalized spacial score (nSPS) is 9.72. The van der Waals surface area contributed by atoms with E-state index in [9.17, 15) is 31.6 Å². The summed E-state index contributed by atoms with van der Waals surface area (Å²) in [5.74, 6) is 0. The lowest BCUT2D eigenvalue weighted by molar-refractivity contribution is 1.27. The van der Waals surface area contributed by atoms with E-state index >= 15 is 0 Å². The summed E-state index contributed by atoms with van der Waals surface area (Å²) in [6, 6.07) is 42.7. The Labute approximate surface area is 248 Å². The molecule has 5 aromatic rings. The molecule has 0 bridgehead atoms. The Balaban J connectivity index is 1.60. The Hall–Kier alpha value is -7.16. The van der Waals surface area contributed by atoms with Gasteiger partial charge in [-0.1, -0.05) is 24.3 Å². The molecule has 0 unspecified atom stereocenters. The number of rotatable bonds is 5. The molecule has 0 saturated carbocycles. The summed E-state index contributed by atoms with van der Waals surface area (Å²) in [5.41, 5.74) is 7.37. The van der Waals surface area contributed by atoms with Crippen molar-refractivity contribution in [1.82, 2.24) is 0 Å². The number of nitriles is 6. The van der Waals surface area contributed by atoms with Crippen LogP contribution in [0.4, 0.5) is 17.1 Å². The van der Waals surface area contributed by atoms with E-state index in [4.69, 9.17) is 0 Å². The molecule has 0 N–H and O–H groups in total. The minimum absolute atomic E-state index is 0.243. The van der Waals surface area contributed by atoms with Crippen LogP contribution in [0.15, 0.2) is 103 Å². The van der Waals surface area contributed by atoms with Crippen molar-refractivity contribution in [3.8, 4) is 58.7 Å². The molecule has 0 atom stereocenters. The van der Waals surface area contributed by atoms with E-state index in [2.05, 4.69) is 30.3 Å². The molecule has 0 fully saturated rings. The number of hydrogen-bond acceptors (Lipinski definition) is 7. The van der Waals surface area contributed by atoms with Gasteiger partial charge >= 0.3 is 0 Å². The first-order valence-corrected chi connectivity index (χ1v) is 12.9. The highest BCUT2D eigenvalue weighted by atomic mass is 15.1. The number of benzene rings is 5. The zero-order chi connectivity index (χ0) is 30.3. The van der Waals surface area contributed by atoms with Crippen molar-refractivity contribution in [1.29, 1.82) is 31.6 Å². The lowest BCUT2D eigenvalue weighted by atomic mass is 9.99. The molecule has 7 nitrogen and oxygen atoms in total.